The lowest BCUT2D eigenvalue weighted by Gasteiger charge is -2.30. The van der Waals surface area contributed by atoms with Crippen LogP contribution in [-0.4, -0.2) is 54.8 Å². The number of nitrogens with one attached hydrogen (secondary N) is 1. The van der Waals surface area contributed by atoms with E-state index in [0.29, 0.717) is 25.3 Å². The van der Waals surface area contributed by atoms with E-state index in [1.807, 2.05) is 13.0 Å². The third-order valence-electron chi connectivity index (χ3n) is 5.43. The van der Waals surface area contributed by atoms with Crippen LogP contribution in [0.1, 0.15) is 33.6 Å². The van der Waals surface area contributed by atoms with Crippen molar-refractivity contribution in [3.05, 3.63) is 46.8 Å². The van der Waals surface area contributed by atoms with Crippen LogP contribution >= 0.6 is 11.8 Å². The molecule has 2 aliphatic rings. The molecular weight excluding hydrogens is 394 g/mol. The molecule has 0 bridgehead atoms. The average Bonchev–Trinajstić information content (AvgIpc) is 3.19. The van der Waals surface area contributed by atoms with E-state index in [2.05, 4.69) is 18.0 Å². The van der Waals surface area contributed by atoms with Gasteiger partial charge < -0.3 is 9.88 Å². The van der Waals surface area contributed by atoms with Gasteiger partial charge in [0.15, 0.2) is 0 Å². The molecule has 28 heavy (non-hydrogen) atoms. The summed E-state index contributed by atoms with van der Waals surface area (Å²) in [7, 11) is -3.56. The Balaban J connectivity index is 1.63. The van der Waals surface area contributed by atoms with Crippen molar-refractivity contribution in [1.29, 1.82) is 0 Å². The Morgan fingerprint density at radius 1 is 1.11 bits per heavy atom. The molecular formula is C20H25N3O3S2. The van der Waals surface area contributed by atoms with Crippen LogP contribution in [0.3, 0.4) is 0 Å². The summed E-state index contributed by atoms with van der Waals surface area (Å²) in [4.78, 5) is 18.0. The van der Waals surface area contributed by atoms with Crippen LogP contribution in [0.4, 0.5) is 5.69 Å². The van der Waals surface area contributed by atoms with Gasteiger partial charge in [0.05, 0.1) is 0 Å². The van der Waals surface area contributed by atoms with E-state index in [0.717, 1.165) is 35.6 Å². The average molecular weight is 420 g/mol. The zero-order valence-electron chi connectivity index (χ0n) is 16.2. The minimum atomic E-state index is -3.56. The highest BCUT2D eigenvalue weighted by Gasteiger charge is 2.30. The molecule has 0 unspecified atom stereocenters. The molecule has 1 aromatic heterocycles. The van der Waals surface area contributed by atoms with Gasteiger partial charge in [-0.05, 0) is 55.5 Å². The van der Waals surface area contributed by atoms with Crippen LogP contribution in [0.5, 0.6) is 0 Å². The van der Waals surface area contributed by atoms with E-state index < -0.39 is 10.0 Å². The minimum absolute atomic E-state index is 0.167. The third kappa shape index (κ3) is 3.49. The standard InChI is InChI=1S/C20H25N3O3S2/c1-14-10-15(2)17-4-3-5-23(19(17)11-14)20(24)18-12-16(13-21-18)28(25,26)22-6-8-27-9-7-22/h10-13,21H,3-9H2,1-2H3. The van der Waals surface area contributed by atoms with Gasteiger partial charge in [-0.1, -0.05) is 6.07 Å². The Hall–Kier alpha value is -1.77. The molecule has 1 saturated heterocycles. The van der Waals surface area contributed by atoms with Crippen LogP contribution in [0.25, 0.3) is 0 Å². The van der Waals surface area contributed by atoms with Crippen LogP contribution in [-0.2, 0) is 16.4 Å². The maximum absolute atomic E-state index is 13.2. The fourth-order valence-electron chi connectivity index (χ4n) is 4.01. The predicted molar refractivity (Wildman–Crippen MR) is 113 cm³/mol. The molecule has 0 atom stereocenters. The first-order valence-electron chi connectivity index (χ1n) is 9.56. The van der Waals surface area contributed by atoms with Crippen LogP contribution < -0.4 is 4.90 Å². The molecule has 0 radical (unpaired) electrons. The SMILES string of the molecule is Cc1cc(C)c2c(c1)N(C(=O)c1cc(S(=O)(=O)N3CCSCC3)c[nH]1)CCC2. The summed E-state index contributed by atoms with van der Waals surface area (Å²) < 4.78 is 27.2. The van der Waals surface area contributed by atoms with Crippen molar-refractivity contribution in [2.75, 3.05) is 36.0 Å². The second kappa shape index (κ2) is 7.57. The third-order valence-corrected chi connectivity index (χ3v) is 8.25. The first-order valence-corrected chi connectivity index (χ1v) is 12.2. The lowest BCUT2D eigenvalue weighted by Crippen LogP contribution is -2.37. The number of rotatable bonds is 3. The number of anilines is 1. The molecule has 6 nitrogen and oxygen atoms in total. The summed E-state index contributed by atoms with van der Waals surface area (Å²) in [5.74, 6) is 1.43. The van der Waals surface area contributed by atoms with Gasteiger partial charge >= 0.3 is 0 Å². The van der Waals surface area contributed by atoms with Gasteiger partial charge in [-0.15, -0.1) is 0 Å². The number of thioether (sulfide) groups is 1. The molecule has 1 aromatic carbocycles. The van der Waals surface area contributed by atoms with Gasteiger partial charge in [-0.3, -0.25) is 4.79 Å². The van der Waals surface area contributed by atoms with E-state index >= 15 is 0 Å². The lowest BCUT2D eigenvalue weighted by atomic mass is 9.95. The summed E-state index contributed by atoms with van der Waals surface area (Å²) in [5.41, 5.74) is 4.78. The first-order chi connectivity index (χ1) is 13.4. The number of aromatic nitrogens is 1. The van der Waals surface area contributed by atoms with Crippen LogP contribution in [0, 0.1) is 13.8 Å². The second-order valence-electron chi connectivity index (χ2n) is 7.41. The van der Waals surface area contributed by atoms with Gasteiger partial charge in [0, 0.05) is 43.0 Å². The van der Waals surface area contributed by atoms with Gasteiger partial charge in [-0.25, -0.2) is 8.42 Å². The van der Waals surface area contributed by atoms with E-state index in [4.69, 9.17) is 0 Å². The molecule has 2 aromatic rings. The Morgan fingerprint density at radius 3 is 2.61 bits per heavy atom. The van der Waals surface area contributed by atoms with Gasteiger partial charge in [-0.2, -0.15) is 16.1 Å². The van der Waals surface area contributed by atoms with Gasteiger partial charge in [0.1, 0.15) is 10.6 Å². The first kappa shape index (κ1) is 19.5. The highest BCUT2D eigenvalue weighted by atomic mass is 32.2. The molecule has 1 N–H and O–H groups in total. The molecule has 2 aliphatic heterocycles. The summed E-state index contributed by atoms with van der Waals surface area (Å²) in [6, 6.07) is 5.67. The fraction of sp³-hybridized carbons (Fsp3) is 0.450. The molecule has 150 valence electrons. The number of benzene rings is 1. The summed E-state index contributed by atoms with van der Waals surface area (Å²) in [6.07, 6.45) is 3.30. The van der Waals surface area contributed by atoms with Crippen LogP contribution in [0.2, 0.25) is 0 Å². The molecule has 3 heterocycles. The molecule has 1 amide bonds. The van der Waals surface area contributed by atoms with Crippen LogP contribution in [0.15, 0.2) is 29.3 Å². The molecule has 4 rings (SSSR count). The minimum Gasteiger partial charge on any atom is -0.356 e. The summed E-state index contributed by atoms with van der Waals surface area (Å²) in [5, 5.41) is 0. The quantitative estimate of drug-likeness (QED) is 0.830. The molecule has 8 heteroatoms. The highest BCUT2D eigenvalue weighted by Crippen LogP contribution is 2.32. The van der Waals surface area contributed by atoms with Crippen molar-refractivity contribution in [3.8, 4) is 0 Å². The zero-order valence-corrected chi connectivity index (χ0v) is 17.8. The topological polar surface area (TPSA) is 73.5 Å². The van der Waals surface area contributed by atoms with E-state index in [1.165, 1.54) is 27.7 Å². The number of hydrogen-bond acceptors (Lipinski definition) is 4. The Labute approximate surface area is 170 Å². The zero-order chi connectivity index (χ0) is 19.9. The van der Waals surface area contributed by atoms with E-state index in [-0.39, 0.29) is 10.8 Å². The highest BCUT2D eigenvalue weighted by molar-refractivity contribution is 7.99. The number of carbonyl (C=O) groups excluding carboxylic acids is 1. The largest absolute Gasteiger partial charge is 0.356 e. The van der Waals surface area contributed by atoms with E-state index in [9.17, 15) is 13.2 Å². The maximum Gasteiger partial charge on any atom is 0.274 e. The summed E-state index contributed by atoms with van der Waals surface area (Å²) >= 11 is 1.76. The molecule has 0 spiro atoms. The normalized spacial score (nSPS) is 18.1. The lowest BCUT2D eigenvalue weighted by molar-refractivity contribution is 0.0981. The van der Waals surface area contributed by atoms with Crippen molar-refractivity contribution in [1.82, 2.24) is 9.29 Å². The van der Waals surface area contributed by atoms with Crippen molar-refractivity contribution < 1.29 is 13.2 Å². The molecule has 1 fully saturated rings. The number of fused-ring (bicyclic) bond motifs is 1. The molecule has 0 saturated carbocycles. The number of H-pyrrole nitrogens is 1. The maximum atomic E-state index is 13.2. The van der Waals surface area contributed by atoms with Crippen molar-refractivity contribution >= 4 is 33.4 Å². The van der Waals surface area contributed by atoms with Crippen molar-refractivity contribution in [2.24, 2.45) is 0 Å². The summed E-state index contributed by atoms with van der Waals surface area (Å²) in [6.45, 7) is 5.77. The number of hydrogen-bond donors (Lipinski definition) is 1. The number of aryl methyl sites for hydroxylation is 2. The second-order valence-corrected chi connectivity index (χ2v) is 10.6. The number of amides is 1. The fourth-order valence-corrected chi connectivity index (χ4v) is 6.59. The van der Waals surface area contributed by atoms with Crippen molar-refractivity contribution in [2.45, 2.75) is 31.6 Å². The Kier molecular flexibility index (Phi) is 5.28. The van der Waals surface area contributed by atoms with E-state index in [1.54, 1.807) is 16.7 Å². The Morgan fingerprint density at radius 2 is 1.86 bits per heavy atom. The smallest absolute Gasteiger partial charge is 0.274 e. The number of carbonyl (C=O) groups is 1. The number of aromatic amines is 1. The van der Waals surface area contributed by atoms with Gasteiger partial charge in [0.2, 0.25) is 10.0 Å². The number of sulfonamides is 1. The Bertz CT molecular complexity index is 1010. The molecule has 0 aliphatic carbocycles. The number of nitrogens with zero attached hydrogens (tertiary/aromatic N) is 2. The van der Waals surface area contributed by atoms with Gasteiger partial charge in [0.25, 0.3) is 5.91 Å². The predicted octanol–water partition coefficient (Wildman–Crippen LogP) is 2.96. The van der Waals surface area contributed by atoms with Crippen molar-refractivity contribution in [3.63, 3.8) is 0 Å². The monoisotopic (exact) mass is 419 g/mol.